The molecule has 0 saturated carbocycles. The molecule has 0 bridgehead atoms. The SMILES string of the molecule is Cc1ccc(-c2nn(CCCC(=O)O)c3ccc(Br)cc23)cc1. The number of aryl methyl sites for hydroxylation is 2. The van der Waals surface area contributed by atoms with E-state index in [1.165, 1.54) is 5.56 Å². The molecule has 1 aromatic heterocycles. The number of rotatable bonds is 5. The van der Waals surface area contributed by atoms with E-state index >= 15 is 0 Å². The van der Waals surface area contributed by atoms with Gasteiger partial charge in [-0.1, -0.05) is 45.8 Å². The van der Waals surface area contributed by atoms with Crippen LogP contribution >= 0.6 is 15.9 Å². The molecule has 1 N–H and O–H groups in total. The Morgan fingerprint density at radius 3 is 2.65 bits per heavy atom. The second kappa shape index (κ2) is 6.54. The van der Waals surface area contributed by atoms with Gasteiger partial charge < -0.3 is 5.11 Å². The van der Waals surface area contributed by atoms with Gasteiger partial charge in [0.2, 0.25) is 0 Å². The Bertz CT molecular complexity index is 853. The Morgan fingerprint density at radius 2 is 1.96 bits per heavy atom. The Kier molecular flexibility index (Phi) is 4.48. The van der Waals surface area contributed by atoms with Crippen molar-refractivity contribution in [3.8, 4) is 11.3 Å². The highest BCUT2D eigenvalue weighted by Gasteiger charge is 2.13. The molecule has 0 aliphatic rings. The minimum absolute atomic E-state index is 0.151. The third-order valence-electron chi connectivity index (χ3n) is 3.80. The van der Waals surface area contributed by atoms with Crippen molar-refractivity contribution in [2.24, 2.45) is 0 Å². The minimum atomic E-state index is -0.775. The Labute approximate surface area is 142 Å². The monoisotopic (exact) mass is 372 g/mol. The molecule has 0 unspecified atom stereocenters. The van der Waals surface area contributed by atoms with Gasteiger partial charge in [0.25, 0.3) is 0 Å². The van der Waals surface area contributed by atoms with Crippen molar-refractivity contribution in [3.63, 3.8) is 0 Å². The van der Waals surface area contributed by atoms with Crippen LogP contribution in [0.2, 0.25) is 0 Å². The van der Waals surface area contributed by atoms with Gasteiger partial charge in [0.15, 0.2) is 0 Å². The topological polar surface area (TPSA) is 55.1 Å². The average Bonchev–Trinajstić information content (AvgIpc) is 2.86. The number of nitrogens with zero attached hydrogens (tertiary/aromatic N) is 2. The summed E-state index contributed by atoms with van der Waals surface area (Å²) in [5.41, 5.74) is 4.22. The molecular formula is C18H17BrN2O2. The Morgan fingerprint density at radius 1 is 1.22 bits per heavy atom. The van der Waals surface area contributed by atoms with Crippen molar-refractivity contribution >= 4 is 32.8 Å². The van der Waals surface area contributed by atoms with Crippen LogP contribution in [0.1, 0.15) is 18.4 Å². The van der Waals surface area contributed by atoms with Gasteiger partial charge >= 0.3 is 5.97 Å². The standard InChI is InChI=1S/C18H17BrN2O2/c1-12-4-6-13(7-5-12)18-15-11-14(19)8-9-16(15)21(20-18)10-2-3-17(22)23/h4-9,11H,2-3,10H2,1H3,(H,22,23). The van der Waals surface area contributed by atoms with E-state index in [0.29, 0.717) is 13.0 Å². The fourth-order valence-corrected chi connectivity index (χ4v) is 2.99. The normalized spacial score (nSPS) is 11.0. The predicted octanol–water partition coefficient (Wildman–Crippen LogP) is 4.64. The van der Waals surface area contributed by atoms with Crippen molar-refractivity contribution in [2.75, 3.05) is 0 Å². The molecule has 2 aromatic carbocycles. The van der Waals surface area contributed by atoms with Crippen molar-refractivity contribution in [1.29, 1.82) is 0 Å². The molecule has 4 nitrogen and oxygen atoms in total. The second-order valence-electron chi connectivity index (χ2n) is 5.60. The smallest absolute Gasteiger partial charge is 0.303 e. The largest absolute Gasteiger partial charge is 0.481 e. The molecule has 23 heavy (non-hydrogen) atoms. The molecular weight excluding hydrogens is 356 g/mol. The second-order valence-corrected chi connectivity index (χ2v) is 6.51. The molecule has 0 aliphatic heterocycles. The molecule has 0 amide bonds. The maximum atomic E-state index is 10.7. The van der Waals surface area contributed by atoms with E-state index in [-0.39, 0.29) is 6.42 Å². The lowest BCUT2D eigenvalue weighted by Crippen LogP contribution is -2.03. The van der Waals surface area contributed by atoms with Gasteiger partial charge in [0, 0.05) is 28.4 Å². The summed E-state index contributed by atoms with van der Waals surface area (Å²) in [7, 11) is 0. The number of hydrogen-bond acceptors (Lipinski definition) is 2. The molecule has 118 valence electrons. The van der Waals surface area contributed by atoms with E-state index in [9.17, 15) is 4.79 Å². The van der Waals surface area contributed by atoms with Crippen molar-refractivity contribution in [3.05, 3.63) is 52.5 Å². The number of hydrogen-bond donors (Lipinski definition) is 1. The first-order valence-corrected chi connectivity index (χ1v) is 8.29. The minimum Gasteiger partial charge on any atom is -0.481 e. The van der Waals surface area contributed by atoms with Crippen LogP contribution in [-0.4, -0.2) is 20.9 Å². The number of fused-ring (bicyclic) bond motifs is 1. The summed E-state index contributed by atoms with van der Waals surface area (Å²) in [5, 5.41) is 14.6. The summed E-state index contributed by atoms with van der Waals surface area (Å²) in [4.78, 5) is 10.7. The van der Waals surface area contributed by atoms with E-state index in [1.807, 2.05) is 16.8 Å². The first kappa shape index (κ1) is 15.7. The van der Waals surface area contributed by atoms with Crippen LogP contribution < -0.4 is 0 Å². The zero-order chi connectivity index (χ0) is 16.4. The maximum Gasteiger partial charge on any atom is 0.303 e. The number of halogens is 1. The van der Waals surface area contributed by atoms with Crippen LogP contribution in [0, 0.1) is 6.92 Å². The zero-order valence-electron chi connectivity index (χ0n) is 12.8. The van der Waals surface area contributed by atoms with Gasteiger partial charge in [-0.05, 0) is 31.5 Å². The molecule has 0 aliphatic carbocycles. The fraction of sp³-hybridized carbons (Fsp3) is 0.222. The molecule has 0 radical (unpaired) electrons. The predicted molar refractivity (Wildman–Crippen MR) is 94.5 cm³/mol. The van der Waals surface area contributed by atoms with E-state index in [4.69, 9.17) is 10.2 Å². The summed E-state index contributed by atoms with van der Waals surface area (Å²) in [6.07, 6.45) is 0.716. The van der Waals surface area contributed by atoms with E-state index in [2.05, 4.69) is 53.2 Å². The molecule has 1 heterocycles. The number of aromatic nitrogens is 2. The molecule has 0 fully saturated rings. The number of carbonyl (C=O) groups is 1. The number of carboxylic acid groups (broad SMARTS) is 1. The Balaban J connectivity index is 2.04. The summed E-state index contributed by atoms with van der Waals surface area (Å²) in [6.45, 7) is 2.65. The lowest BCUT2D eigenvalue weighted by atomic mass is 10.1. The third kappa shape index (κ3) is 3.45. The van der Waals surface area contributed by atoms with Crippen LogP contribution in [0.5, 0.6) is 0 Å². The number of aliphatic carboxylic acids is 1. The van der Waals surface area contributed by atoms with Gasteiger partial charge in [-0.3, -0.25) is 9.48 Å². The van der Waals surface area contributed by atoms with Crippen LogP contribution in [0.4, 0.5) is 0 Å². The van der Waals surface area contributed by atoms with Gasteiger partial charge in [-0.25, -0.2) is 0 Å². The maximum absolute atomic E-state index is 10.7. The molecule has 3 aromatic rings. The van der Waals surface area contributed by atoms with Crippen molar-refractivity contribution < 1.29 is 9.90 Å². The highest BCUT2D eigenvalue weighted by molar-refractivity contribution is 9.10. The number of benzene rings is 2. The van der Waals surface area contributed by atoms with E-state index in [0.717, 1.165) is 26.6 Å². The Hall–Kier alpha value is -2.14. The lowest BCUT2D eigenvalue weighted by molar-refractivity contribution is -0.137. The van der Waals surface area contributed by atoms with Crippen LogP contribution in [0.3, 0.4) is 0 Å². The quantitative estimate of drug-likeness (QED) is 0.709. The van der Waals surface area contributed by atoms with Crippen LogP contribution in [-0.2, 0) is 11.3 Å². The molecule has 3 rings (SSSR count). The molecule has 0 spiro atoms. The zero-order valence-corrected chi connectivity index (χ0v) is 14.4. The first-order valence-electron chi connectivity index (χ1n) is 7.49. The first-order chi connectivity index (χ1) is 11.0. The molecule has 5 heteroatoms. The van der Waals surface area contributed by atoms with Crippen molar-refractivity contribution in [2.45, 2.75) is 26.3 Å². The van der Waals surface area contributed by atoms with Crippen LogP contribution in [0.15, 0.2) is 46.9 Å². The number of carboxylic acids is 1. The average molecular weight is 373 g/mol. The highest BCUT2D eigenvalue weighted by atomic mass is 79.9. The molecule has 0 saturated heterocycles. The molecule has 0 atom stereocenters. The summed E-state index contributed by atoms with van der Waals surface area (Å²) >= 11 is 3.52. The third-order valence-corrected chi connectivity index (χ3v) is 4.29. The van der Waals surface area contributed by atoms with Crippen LogP contribution in [0.25, 0.3) is 22.2 Å². The van der Waals surface area contributed by atoms with E-state index < -0.39 is 5.97 Å². The van der Waals surface area contributed by atoms with Gasteiger partial charge in [0.1, 0.15) is 5.69 Å². The summed E-state index contributed by atoms with van der Waals surface area (Å²) in [6, 6.07) is 14.3. The lowest BCUT2D eigenvalue weighted by Gasteiger charge is -2.01. The summed E-state index contributed by atoms with van der Waals surface area (Å²) < 4.78 is 2.91. The highest BCUT2D eigenvalue weighted by Crippen LogP contribution is 2.30. The van der Waals surface area contributed by atoms with E-state index in [1.54, 1.807) is 0 Å². The fourth-order valence-electron chi connectivity index (χ4n) is 2.63. The van der Waals surface area contributed by atoms with Gasteiger partial charge in [0.05, 0.1) is 5.52 Å². The van der Waals surface area contributed by atoms with Crippen molar-refractivity contribution in [1.82, 2.24) is 9.78 Å². The van der Waals surface area contributed by atoms with Gasteiger partial charge in [-0.15, -0.1) is 0 Å². The summed E-state index contributed by atoms with van der Waals surface area (Å²) in [5.74, 6) is -0.775. The van der Waals surface area contributed by atoms with Gasteiger partial charge in [-0.2, -0.15) is 5.10 Å².